The van der Waals surface area contributed by atoms with Gasteiger partial charge in [0, 0.05) is 32.2 Å². The second kappa shape index (κ2) is 7.18. The quantitative estimate of drug-likeness (QED) is 0.773. The molecule has 1 atom stereocenters. The van der Waals surface area contributed by atoms with Crippen LogP contribution in [0.2, 0.25) is 0 Å². The molecule has 0 aromatic heterocycles. The average Bonchev–Trinajstić information content (AvgIpc) is 2.53. The van der Waals surface area contributed by atoms with E-state index in [0.29, 0.717) is 45.0 Å². The lowest BCUT2D eigenvalue weighted by atomic mass is 10.2. The van der Waals surface area contributed by atoms with Crippen LogP contribution < -0.4 is 0 Å². The Morgan fingerprint density at radius 1 is 1.33 bits per heavy atom. The van der Waals surface area contributed by atoms with Gasteiger partial charge in [0.15, 0.2) is 0 Å². The summed E-state index contributed by atoms with van der Waals surface area (Å²) in [6.45, 7) is 3.04. The third-order valence-corrected chi connectivity index (χ3v) is 6.14. The van der Waals surface area contributed by atoms with Crippen LogP contribution in [0, 0.1) is 0 Å². The number of sulfonamides is 1. The Hall–Kier alpha value is -1.48. The molecular formula is C16H22N2O5S. The first-order valence-electron chi connectivity index (χ1n) is 8.03. The van der Waals surface area contributed by atoms with Crippen LogP contribution in [0.4, 0.5) is 0 Å². The number of hydrogen-bond acceptors (Lipinski definition) is 5. The van der Waals surface area contributed by atoms with E-state index < -0.39 is 10.0 Å². The maximum atomic E-state index is 12.6. The monoisotopic (exact) mass is 354 g/mol. The summed E-state index contributed by atoms with van der Waals surface area (Å²) in [5.74, 6) is -0.232. The molecule has 3 rings (SSSR count). The van der Waals surface area contributed by atoms with Crippen molar-refractivity contribution in [3.63, 3.8) is 0 Å². The minimum absolute atomic E-state index is 0.152. The number of ether oxygens (including phenoxy) is 2. The SMILES string of the molecule is CN(C[C@H]1COCCO1)C(=O)c1cccc(S(=O)(=O)N2CCC2)c1. The molecule has 0 bridgehead atoms. The summed E-state index contributed by atoms with van der Waals surface area (Å²) in [5, 5.41) is 0. The van der Waals surface area contributed by atoms with E-state index in [1.54, 1.807) is 19.2 Å². The van der Waals surface area contributed by atoms with Crippen LogP contribution in [0.25, 0.3) is 0 Å². The van der Waals surface area contributed by atoms with Crippen LogP contribution >= 0.6 is 0 Å². The van der Waals surface area contributed by atoms with Gasteiger partial charge in [-0.2, -0.15) is 4.31 Å². The predicted octanol–water partition coefficient (Wildman–Crippen LogP) is 0.568. The smallest absolute Gasteiger partial charge is 0.253 e. The summed E-state index contributed by atoms with van der Waals surface area (Å²) in [6.07, 6.45) is 0.727. The summed E-state index contributed by atoms with van der Waals surface area (Å²) in [4.78, 5) is 14.3. The number of carbonyl (C=O) groups is 1. The van der Waals surface area contributed by atoms with Crippen molar-refractivity contribution < 1.29 is 22.7 Å². The standard InChI is InChI=1S/C16H22N2O5S/c1-17(11-14-12-22-8-9-23-14)16(19)13-4-2-5-15(10-13)24(20,21)18-6-3-7-18/h2,4-5,10,14H,3,6-9,11-12H2,1H3/t14-/m0/s1. The van der Waals surface area contributed by atoms with E-state index >= 15 is 0 Å². The highest BCUT2D eigenvalue weighted by Crippen LogP contribution is 2.22. The number of amides is 1. The van der Waals surface area contributed by atoms with Gasteiger partial charge in [-0.05, 0) is 24.6 Å². The van der Waals surface area contributed by atoms with Crippen LogP contribution in [0.1, 0.15) is 16.8 Å². The molecule has 132 valence electrons. The molecular weight excluding hydrogens is 332 g/mol. The van der Waals surface area contributed by atoms with E-state index in [1.807, 2.05) is 0 Å². The second-order valence-corrected chi connectivity index (χ2v) is 7.98. The summed E-state index contributed by atoms with van der Waals surface area (Å²) in [7, 11) is -1.82. The Morgan fingerprint density at radius 2 is 2.12 bits per heavy atom. The second-order valence-electron chi connectivity index (χ2n) is 6.04. The van der Waals surface area contributed by atoms with Gasteiger partial charge in [0.05, 0.1) is 30.8 Å². The lowest BCUT2D eigenvalue weighted by molar-refractivity contribution is -0.0933. The molecule has 0 aliphatic carbocycles. The highest BCUT2D eigenvalue weighted by Gasteiger charge is 2.30. The van der Waals surface area contributed by atoms with Crippen molar-refractivity contribution in [1.29, 1.82) is 0 Å². The van der Waals surface area contributed by atoms with E-state index in [9.17, 15) is 13.2 Å². The highest BCUT2D eigenvalue weighted by atomic mass is 32.2. The number of benzene rings is 1. The highest BCUT2D eigenvalue weighted by molar-refractivity contribution is 7.89. The molecule has 24 heavy (non-hydrogen) atoms. The third kappa shape index (κ3) is 3.61. The molecule has 1 aromatic carbocycles. The zero-order chi connectivity index (χ0) is 17.2. The fourth-order valence-corrected chi connectivity index (χ4v) is 4.28. The fraction of sp³-hybridized carbons (Fsp3) is 0.562. The molecule has 1 aromatic rings. The first-order valence-corrected chi connectivity index (χ1v) is 9.47. The van der Waals surface area contributed by atoms with Crippen LogP contribution in [-0.2, 0) is 19.5 Å². The molecule has 2 saturated heterocycles. The van der Waals surface area contributed by atoms with E-state index in [4.69, 9.17) is 9.47 Å². The third-order valence-electron chi connectivity index (χ3n) is 4.24. The molecule has 0 unspecified atom stereocenters. The number of likely N-dealkylation sites (N-methyl/N-ethyl adjacent to an activating group) is 1. The van der Waals surface area contributed by atoms with E-state index in [1.165, 1.54) is 21.3 Å². The number of rotatable bonds is 5. The maximum Gasteiger partial charge on any atom is 0.253 e. The fourth-order valence-electron chi connectivity index (χ4n) is 2.72. The largest absolute Gasteiger partial charge is 0.376 e. The first-order chi connectivity index (χ1) is 11.5. The topological polar surface area (TPSA) is 76.1 Å². The van der Waals surface area contributed by atoms with Crippen molar-refractivity contribution in [2.75, 3.05) is 46.5 Å². The van der Waals surface area contributed by atoms with Crippen LogP contribution in [0.15, 0.2) is 29.2 Å². The Balaban J connectivity index is 1.71. The van der Waals surface area contributed by atoms with Crippen molar-refractivity contribution in [2.45, 2.75) is 17.4 Å². The molecule has 1 amide bonds. The maximum absolute atomic E-state index is 12.6. The van der Waals surface area contributed by atoms with Gasteiger partial charge in [-0.25, -0.2) is 8.42 Å². The Labute approximate surface area is 142 Å². The number of carbonyl (C=O) groups excluding carboxylic acids is 1. The lowest BCUT2D eigenvalue weighted by Gasteiger charge is -2.30. The van der Waals surface area contributed by atoms with Crippen LogP contribution in [-0.4, -0.2) is 76.1 Å². The Kier molecular flexibility index (Phi) is 5.19. The van der Waals surface area contributed by atoms with Crippen molar-refractivity contribution in [3.05, 3.63) is 29.8 Å². The van der Waals surface area contributed by atoms with Gasteiger partial charge in [-0.15, -0.1) is 0 Å². The van der Waals surface area contributed by atoms with Crippen molar-refractivity contribution >= 4 is 15.9 Å². The average molecular weight is 354 g/mol. The minimum Gasteiger partial charge on any atom is -0.376 e. The summed E-state index contributed by atoms with van der Waals surface area (Å²) in [5.41, 5.74) is 0.357. The predicted molar refractivity (Wildman–Crippen MR) is 87.3 cm³/mol. The molecule has 0 spiro atoms. The summed E-state index contributed by atoms with van der Waals surface area (Å²) < 4.78 is 37.2. The molecule has 0 saturated carbocycles. The molecule has 2 aliphatic heterocycles. The molecule has 0 N–H and O–H groups in total. The van der Waals surface area contributed by atoms with Crippen molar-refractivity contribution in [2.24, 2.45) is 0 Å². The molecule has 2 heterocycles. The summed E-state index contributed by atoms with van der Waals surface area (Å²) in [6, 6.07) is 6.22. The van der Waals surface area contributed by atoms with Crippen molar-refractivity contribution in [1.82, 2.24) is 9.21 Å². The molecule has 7 nitrogen and oxygen atoms in total. The van der Waals surface area contributed by atoms with E-state index in [-0.39, 0.29) is 16.9 Å². The number of hydrogen-bond donors (Lipinski definition) is 0. The number of nitrogens with zero attached hydrogens (tertiary/aromatic N) is 2. The van der Waals surface area contributed by atoms with Gasteiger partial charge in [-0.3, -0.25) is 4.79 Å². The van der Waals surface area contributed by atoms with Gasteiger partial charge < -0.3 is 14.4 Å². The van der Waals surface area contributed by atoms with Gasteiger partial charge >= 0.3 is 0 Å². The van der Waals surface area contributed by atoms with Gasteiger partial charge in [0.25, 0.3) is 5.91 Å². The first kappa shape index (κ1) is 17.3. The van der Waals surface area contributed by atoms with Crippen LogP contribution in [0.3, 0.4) is 0 Å². The lowest BCUT2D eigenvalue weighted by Crippen LogP contribution is -2.42. The van der Waals surface area contributed by atoms with E-state index in [2.05, 4.69) is 0 Å². The van der Waals surface area contributed by atoms with Gasteiger partial charge in [0.1, 0.15) is 0 Å². The van der Waals surface area contributed by atoms with E-state index in [0.717, 1.165) is 6.42 Å². The van der Waals surface area contributed by atoms with Gasteiger partial charge in [-0.1, -0.05) is 6.07 Å². The molecule has 2 fully saturated rings. The molecule has 8 heteroatoms. The zero-order valence-electron chi connectivity index (χ0n) is 13.7. The molecule has 2 aliphatic rings. The Bertz CT molecular complexity index is 696. The summed E-state index contributed by atoms with van der Waals surface area (Å²) >= 11 is 0. The molecule has 0 radical (unpaired) electrons. The normalized spacial score (nSPS) is 22.0. The van der Waals surface area contributed by atoms with Gasteiger partial charge in [0.2, 0.25) is 10.0 Å². The van der Waals surface area contributed by atoms with Crippen molar-refractivity contribution in [3.8, 4) is 0 Å². The Morgan fingerprint density at radius 3 is 2.75 bits per heavy atom. The minimum atomic E-state index is -3.49. The van der Waals surface area contributed by atoms with Crippen LogP contribution in [0.5, 0.6) is 0 Å². The zero-order valence-corrected chi connectivity index (χ0v) is 14.5.